The highest BCUT2D eigenvalue weighted by Gasteiger charge is 2.62. The molecule has 2 aliphatic rings. The molecular weight excluding hydrogens is 262 g/mol. The highest BCUT2D eigenvalue weighted by molar-refractivity contribution is 5.98. The molecule has 2 aliphatic heterocycles. The van der Waals surface area contributed by atoms with Crippen LogP contribution in [0.25, 0.3) is 0 Å². The van der Waals surface area contributed by atoms with Gasteiger partial charge in [0.25, 0.3) is 0 Å². The van der Waals surface area contributed by atoms with Gasteiger partial charge < -0.3 is 15.4 Å². The normalized spacial score (nSPS) is 30.0. The third-order valence-electron chi connectivity index (χ3n) is 4.82. The zero-order valence-corrected chi connectivity index (χ0v) is 13.6. The SMILES string of the molecule is Cc1ccc(N2C(N)=NCC23CC(C)(C)OC3(C)C)cc1. The topological polar surface area (TPSA) is 50.8 Å². The second kappa shape index (κ2) is 4.23. The van der Waals surface area contributed by atoms with E-state index in [1.54, 1.807) is 0 Å². The number of aliphatic imine (C=N–C) groups is 1. The number of anilines is 1. The second-order valence-electron chi connectivity index (χ2n) is 7.43. The van der Waals surface area contributed by atoms with Crippen molar-refractivity contribution < 1.29 is 4.74 Å². The van der Waals surface area contributed by atoms with Crippen LogP contribution in [0.4, 0.5) is 5.69 Å². The van der Waals surface area contributed by atoms with Crippen LogP contribution in [0.3, 0.4) is 0 Å². The van der Waals surface area contributed by atoms with Crippen molar-refractivity contribution in [3.63, 3.8) is 0 Å². The summed E-state index contributed by atoms with van der Waals surface area (Å²) in [4.78, 5) is 6.73. The minimum atomic E-state index is -0.313. The molecule has 1 saturated heterocycles. The average Bonchev–Trinajstić information content (AvgIpc) is 2.76. The lowest BCUT2D eigenvalue weighted by Crippen LogP contribution is -2.61. The Kier molecular flexibility index (Phi) is 2.90. The van der Waals surface area contributed by atoms with E-state index in [1.807, 2.05) is 0 Å². The molecule has 0 radical (unpaired) electrons. The zero-order valence-electron chi connectivity index (χ0n) is 13.6. The van der Waals surface area contributed by atoms with E-state index >= 15 is 0 Å². The van der Waals surface area contributed by atoms with E-state index in [2.05, 4.69) is 68.8 Å². The molecule has 0 aromatic heterocycles. The van der Waals surface area contributed by atoms with Gasteiger partial charge in [0.15, 0.2) is 5.96 Å². The predicted molar refractivity (Wildman–Crippen MR) is 86.7 cm³/mol. The molecule has 1 atom stereocenters. The van der Waals surface area contributed by atoms with Gasteiger partial charge in [0, 0.05) is 12.1 Å². The predicted octanol–water partition coefficient (Wildman–Crippen LogP) is 2.85. The van der Waals surface area contributed by atoms with Crippen LogP contribution in [0.5, 0.6) is 0 Å². The van der Waals surface area contributed by atoms with Crippen molar-refractivity contribution in [2.24, 2.45) is 10.7 Å². The molecule has 3 rings (SSSR count). The minimum Gasteiger partial charge on any atom is -0.369 e. The molecular formula is C17H25N3O. The molecule has 4 heteroatoms. The fourth-order valence-electron chi connectivity index (χ4n) is 3.98. The lowest BCUT2D eigenvalue weighted by Gasteiger charge is -2.44. The van der Waals surface area contributed by atoms with Crippen LogP contribution in [-0.4, -0.2) is 29.2 Å². The lowest BCUT2D eigenvalue weighted by atomic mass is 9.78. The molecule has 1 unspecified atom stereocenters. The zero-order chi connectivity index (χ0) is 15.5. The maximum absolute atomic E-state index is 6.33. The fourth-order valence-corrected chi connectivity index (χ4v) is 3.98. The van der Waals surface area contributed by atoms with Crippen molar-refractivity contribution in [2.75, 3.05) is 11.4 Å². The van der Waals surface area contributed by atoms with Gasteiger partial charge in [0.1, 0.15) is 0 Å². The van der Waals surface area contributed by atoms with Crippen molar-refractivity contribution in [1.29, 1.82) is 0 Å². The van der Waals surface area contributed by atoms with Crippen LogP contribution in [0.15, 0.2) is 29.3 Å². The molecule has 0 aliphatic carbocycles. The molecule has 1 fully saturated rings. The molecule has 114 valence electrons. The van der Waals surface area contributed by atoms with Gasteiger partial charge in [0.2, 0.25) is 0 Å². The second-order valence-corrected chi connectivity index (χ2v) is 7.43. The van der Waals surface area contributed by atoms with E-state index < -0.39 is 0 Å². The smallest absolute Gasteiger partial charge is 0.196 e. The Morgan fingerprint density at radius 2 is 1.76 bits per heavy atom. The number of rotatable bonds is 1. The number of hydrogen-bond donors (Lipinski definition) is 1. The third kappa shape index (κ3) is 2.04. The highest BCUT2D eigenvalue weighted by atomic mass is 16.5. The summed E-state index contributed by atoms with van der Waals surface area (Å²) < 4.78 is 6.33. The molecule has 1 aromatic carbocycles. The van der Waals surface area contributed by atoms with Crippen LogP contribution in [0.2, 0.25) is 0 Å². The molecule has 21 heavy (non-hydrogen) atoms. The van der Waals surface area contributed by atoms with E-state index in [1.165, 1.54) is 5.56 Å². The summed E-state index contributed by atoms with van der Waals surface area (Å²) in [6.45, 7) is 11.4. The number of benzene rings is 1. The van der Waals surface area contributed by atoms with Crippen LogP contribution in [-0.2, 0) is 4.74 Å². The number of aryl methyl sites for hydroxylation is 1. The Hall–Kier alpha value is -1.55. The first-order valence-electron chi connectivity index (χ1n) is 7.54. The number of guanidine groups is 1. The first-order valence-corrected chi connectivity index (χ1v) is 7.54. The van der Waals surface area contributed by atoms with Gasteiger partial charge in [-0.05, 0) is 46.8 Å². The summed E-state index contributed by atoms with van der Waals surface area (Å²) in [7, 11) is 0. The first-order chi connectivity index (χ1) is 9.67. The maximum Gasteiger partial charge on any atom is 0.196 e. The molecule has 2 heterocycles. The summed E-state index contributed by atoms with van der Waals surface area (Å²) in [5, 5.41) is 0. The van der Waals surface area contributed by atoms with Gasteiger partial charge in [-0.3, -0.25) is 4.99 Å². The standard InChI is InChI=1S/C17H25N3O/c1-12-6-8-13(9-7-12)20-14(18)19-11-17(20)10-15(2,3)21-16(17,4)5/h6-9H,10-11H2,1-5H3,(H2,18,19). The Morgan fingerprint density at radius 3 is 2.29 bits per heavy atom. The highest BCUT2D eigenvalue weighted by Crippen LogP contribution is 2.51. The van der Waals surface area contributed by atoms with Crippen molar-refractivity contribution in [3.8, 4) is 0 Å². The van der Waals surface area contributed by atoms with E-state index in [0.717, 1.165) is 12.1 Å². The van der Waals surface area contributed by atoms with Crippen LogP contribution < -0.4 is 10.6 Å². The van der Waals surface area contributed by atoms with E-state index in [4.69, 9.17) is 10.5 Å². The molecule has 0 amide bonds. The van der Waals surface area contributed by atoms with E-state index in [-0.39, 0.29) is 16.7 Å². The van der Waals surface area contributed by atoms with Gasteiger partial charge in [-0.2, -0.15) is 0 Å². The number of nitrogens with zero attached hydrogens (tertiary/aromatic N) is 2. The summed E-state index contributed by atoms with van der Waals surface area (Å²) in [6, 6.07) is 8.46. The largest absolute Gasteiger partial charge is 0.369 e. The number of hydrogen-bond acceptors (Lipinski definition) is 4. The van der Waals surface area contributed by atoms with Crippen molar-refractivity contribution in [1.82, 2.24) is 0 Å². The average molecular weight is 287 g/mol. The van der Waals surface area contributed by atoms with Gasteiger partial charge in [0.05, 0.1) is 23.3 Å². The minimum absolute atomic E-state index is 0.174. The van der Waals surface area contributed by atoms with Crippen LogP contribution in [0.1, 0.15) is 39.7 Å². The maximum atomic E-state index is 6.33. The van der Waals surface area contributed by atoms with E-state index in [0.29, 0.717) is 12.5 Å². The molecule has 1 spiro atoms. The van der Waals surface area contributed by atoms with Gasteiger partial charge in [-0.25, -0.2) is 0 Å². The quantitative estimate of drug-likeness (QED) is 0.864. The molecule has 4 nitrogen and oxygen atoms in total. The van der Waals surface area contributed by atoms with Crippen LogP contribution >= 0.6 is 0 Å². The summed E-state index contributed by atoms with van der Waals surface area (Å²) in [5.74, 6) is 0.591. The summed E-state index contributed by atoms with van der Waals surface area (Å²) in [5.41, 5.74) is 7.87. The molecule has 2 N–H and O–H groups in total. The Labute approximate surface area is 127 Å². The van der Waals surface area contributed by atoms with Gasteiger partial charge >= 0.3 is 0 Å². The Bertz CT molecular complexity index is 589. The van der Waals surface area contributed by atoms with Crippen molar-refractivity contribution >= 4 is 11.6 Å². The molecule has 1 aromatic rings. The lowest BCUT2D eigenvalue weighted by molar-refractivity contribution is -0.0764. The van der Waals surface area contributed by atoms with Crippen molar-refractivity contribution in [3.05, 3.63) is 29.8 Å². The Morgan fingerprint density at radius 1 is 1.14 bits per heavy atom. The molecule has 0 saturated carbocycles. The number of ether oxygens (including phenoxy) is 1. The third-order valence-corrected chi connectivity index (χ3v) is 4.82. The Balaban J connectivity index is 2.09. The first kappa shape index (κ1) is 14.4. The van der Waals surface area contributed by atoms with E-state index in [9.17, 15) is 0 Å². The number of nitrogens with two attached hydrogens (primary N) is 1. The summed E-state index contributed by atoms with van der Waals surface area (Å²) >= 11 is 0. The molecule has 0 bridgehead atoms. The van der Waals surface area contributed by atoms with Crippen molar-refractivity contribution in [2.45, 2.75) is 57.8 Å². The van der Waals surface area contributed by atoms with Gasteiger partial charge in [-0.15, -0.1) is 0 Å². The fraction of sp³-hybridized carbons (Fsp3) is 0.588. The summed E-state index contributed by atoms with van der Waals surface area (Å²) in [6.07, 6.45) is 0.908. The monoisotopic (exact) mass is 287 g/mol. The van der Waals surface area contributed by atoms with Gasteiger partial charge in [-0.1, -0.05) is 17.7 Å². The van der Waals surface area contributed by atoms with Crippen LogP contribution in [0, 0.1) is 6.92 Å².